The van der Waals surface area contributed by atoms with Crippen LogP contribution in [0.15, 0.2) is 58.3 Å². The van der Waals surface area contributed by atoms with Crippen molar-refractivity contribution in [2.24, 2.45) is 0 Å². The van der Waals surface area contributed by atoms with E-state index < -0.39 is 17.7 Å². The molecule has 0 aliphatic heterocycles. The quantitative estimate of drug-likeness (QED) is 0.367. The summed E-state index contributed by atoms with van der Waals surface area (Å²) in [4.78, 5) is 12.8. The van der Waals surface area contributed by atoms with E-state index in [0.29, 0.717) is 0 Å². The van der Waals surface area contributed by atoms with Crippen LogP contribution in [0.5, 0.6) is 11.5 Å². The van der Waals surface area contributed by atoms with Gasteiger partial charge in [-0.15, -0.1) is 11.8 Å². The molecule has 0 aromatic heterocycles. The van der Waals surface area contributed by atoms with Gasteiger partial charge in [0, 0.05) is 11.2 Å². The summed E-state index contributed by atoms with van der Waals surface area (Å²) >= 11 is 1.51. The molecule has 0 saturated carbocycles. The molecule has 0 fully saturated rings. The molecule has 124 valence electrons. The third-order valence-electron chi connectivity index (χ3n) is 2.73. The van der Waals surface area contributed by atoms with Crippen LogP contribution in [0.3, 0.4) is 0 Å². The number of hydrogen-bond donors (Lipinski definition) is 0. The summed E-state index contributed by atoms with van der Waals surface area (Å²) in [6.07, 6.45) is 2.92. The van der Waals surface area contributed by atoms with Gasteiger partial charge in [-0.25, -0.2) is 13.0 Å². The molecule has 2 rings (SSSR count). The van der Waals surface area contributed by atoms with Gasteiger partial charge in [0.25, 0.3) is 0 Å². The van der Waals surface area contributed by atoms with E-state index in [9.17, 15) is 17.9 Å². The van der Waals surface area contributed by atoms with Crippen LogP contribution < -0.4 is 65.3 Å². The molecule has 1 unspecified atom stereocenters. The fraction of sp³-hybridized carbons (Fsp3) is 0.143. The van der Waals surface area contributed by atoms with Crippen LogP contribution in [0.1, 0.15) is 0 Å². The first-order valence-electron chi connectivity index (χ1n) is 6.34. The topological polar surface area (TPSA) is 92.7 Å². The molecule has 2 aromatic carbocycles. The van der Waals surface area contributed by atoms with Crippen molar-refractivity contribution in [3.05, 3.63) is 48.5 Å². The molecule has 10 heteroatoms. The Morgan fingerprint density at radius 1 is 1.04 bits per heavy atom. The Labute approximate surface area is 187 Å². The van der Waals surface area contributed by atoms with Crippen molar-refractivity contribution in [3.8, 4) is 11.5 Å². The van der Waals surface area contributed by atoms with Crippen molar-refractivity contribution in [2.45, 2.75) is 9.79 Å². The van der Waals surface area contributed by atoms with Crippen molar-refractivity contribution in [2.75, 3.05) is 12.5 Å². The average Bonchev–Trinajstić information content (AvgIpc) is 2.46. The molecular weight excluding hydrogens is 398 g/mol. The van der Waals surface area contributed by atoms with E-state index in [-0.39, 0.29) is 67.8 Å². The number of phosphoric acid groups is 1. The Morgan fingerprint density at radius 2 is 1.62 bits per heavy atom. The second-order valence-corrected chi connectivity index (χ2v) is 8.71. The first kappa shape index (κ1) is 22.2. The minimum Gasteiger partial charge on any atom is -0.736 e. The second kappa shape index (κ2) is 9.20. The maximum absolute atomic E-state index is 11.9. The maximum Gasteiger partial charge on any atom is 1.00 e. The van der Waals surface area contributed by atoms with Gasteiger partial charge in [0.1, 0.15) is 11.5 Å². The molecule has 2 aromatic rings. The fourth-order valence-corrected chi connectivity index (χ4v) is 3.53. The molecule has 24 heavy (non-hydrogen) atoms. The molecule has 0 N–H and O–H groups in total. The Morgan fingerprint density at radius 3 is 2.17 bits per heavy atom. The van der Waals surface area contributed by atoms with E-state index in [2.05, 4.69) is 0 Å². The molecule has 0 saturated heterocycles. The molecule has 0 bridgehead atoms. The molecule has 0 amide bonds. The van der Waals surface area contributed by atoms with Crippen LogP contribution in [0.4, 0.5) is 0 Å². The average molecular weight is 412 g/mol. The van der Waals surface area contributed by atoms with Crippen molar-refractivity contribution in [1.29, 1.82) is 0 Å². The van der Waals surface area contributed by atoms with E-state index in [1.807, 2.05) is 6.26 Å². The smallest absolute Gasteiger partial charge is 0.736 e. The van der Waals surface area contributed by atoms with Crippen LogP contribution in [0, 0.1) is 0 Å². The molecule has 0 aliphatic carbocycles. The largest absolute Gasteiger partial charge is 1.00 e. The number of phosphoric ester groups is 1. The van der Waals surface area contributed by atoms with E-state index in [1.54, 1.807) is 12.1 Å². The third kappa shape index (κ3) is 6.82. The third-order valence-corrected chi connectivity index (χ3v) is 5.45. The van der Waals surface area contributed by atoms with Crippen molar-refractivity contribution >= 4 is 29.4 Å². The standard InChI is InChI=1S/C14H15O6PS2.K/c1-22-13-8-6-11(7-9-13)19-21(15,16)20-12-4-3-5-14(10-12)23(2,17)18;/h3-10H,1-2H3,(H,15,16);/q;+1/p-1. The second-order valence-electron chi connectivity index (χ2n) is 4.55. The zero-order valence-corrected chi connectivity index (χ0v) is 19.0. The van der Waals surface area contributed by atoms with E-state index in [0.717, 1.165) is 17.2 Å². The number of sulfone groups is 1. The normalized spacial score (nSPS) is 13.5. The first-order valence-corrected chi connectivity index (χ1v) is 10.9. The monoisotopic (exact) mass is 412 g/mol. The van der Waals surface area contributed by atoms with Crippen LogP contribution in [-0.4, -0.2) is 20.9 Å². The summed E-state index contributed by atoms with van der Waals surface area (Å²) in [5.41, 5.74) is 0. The SMILES string of the molecule is CSc1ccc(OP(=O)([O-])Oc2cccc(S(C)(=O)=O)c2)cc1.[K+]. The summed E-state index contributed by atoms with van der Waals surface area (Å²) in [5, 5.41) is 0. The summed E-state index contributed by atoms with van der Waals surface area (Å²) in [5.74, 6) is -0.0209. The Bertz CT molecular complexity index is 839. The predicted molar refractivity (Wildman–Crippen MR) is 86.6 cm³/mol. The summed E-state index contributed by atoms with van der Waals surface area (Å²) in [7, 11) is -8.15. The first-order chi connectivity index (χ1) is 10.7. The number of thioether (sulfide) groups is 1. The van der Waals surface area contributed by atoms with Gasteiger partial charge in [-0.2, -0.15) is 0 Å². The molecule has 0 aliphatic rings. The van der Waals surface area contributed by atoms with Crippen LogP contribution >= 0.6 is 19.6 Å². The van der Waals surface area contributed by atoms with Gasteiger partial charge < -0.3 is 13.9 Å². The zero-order chi connectivity index (χ0) is 17.1. The van der Waals surface area contributed by atoms with Gasteiger partial charge in [-0.1, -0.05) is 6.07 Å². The zero-order valence-electron chi connectivity index (χ0n) is 13.3. The number of hydrogen-bond acceptors (Lipinski definition) is 7. The summed E-state index contributed by atoms with van der Waals surface area (Å²) in [6.45, 7) is 0. The van der Waals surface area contributed by atoms with Crippen LogP contribution in [0.2, 0.25) is 0 Å². The fourth-order valence-electron chi connectivity index (χ4n) is 1.68. The van der Waals surface area contributed by atoms with Crippen molar-refractivity contribution < 1.29 is 78.3 Å². The summed E-state index contributed by atoms with van der Waals surface area (Å²) < 4.78 is 44.5. The molecule has 0 radical (unpaired) electrons. The minimum atomic E-state index is -4.68. The van der Waals surface area contributed by atoms with Crippen LogP contribution in [-0.2, 0) is 14.4 Å². The Hall–Kier alpha value is 0.166. The number of rotatable bonds is 6. The molecule has 1 atom stereocenters. The van der Waals surface area contributed by atoms with E-state index in [4.69, 9.17) is 9.05 Å². The maximum atomic E-state index is 11.9. The van der Waals surface area contributed by atoms with Gasteiger partial charge in [0.2, 0.25) is 0 Å². The minimum absolute atomic E-state index is 0. The van der Waals surface area contributed by atoms with E-state index in [1.165, 1.54) is 42.1 Å². The van der Waals surface area contributed by atoms with Gasteiger partial charge in [0.05, 0.1) is 4.90 Å². The van der Waals surface area contributed by atoms with Crippen molar-refractivity contribution in [3.63, 3.8) is 0 Å². The molecule has 0 spiro atoms. The van der Waals surface area contributed by atoms with E-state index >= 15 is 0 Å². The van der Waals surface area contributed by atoms with Crippen molar-refractivity contribution in [1.82, 2.24) is 0 Å². The predicted octanol–water partition coefficient (Wildman–Crippen LogP) is -0.258. The number of benzene rings is 2. The Balaban J connectivity index is 0.00000288. The van der Waals surface area contributed by atoms with Crippen LogP contribution in [0.25, 0.3) is 0 Å². The molecule has 0 heterocycles. The molecular formula is C14H14KO6PS2. The van der Waals surface area contributed by atoms with Gasteiger partial charge in [-0.05, 0) is 48.7 Å². The summed E-state index contributed by atoms with van der Waals surface area (Å²) in [6, 6.07) is 11.6. The van der Waals surface area contributed by atoms with Gasteiger partial charge in [-0.3, -0.25) is 0 Å². The Kier molecular flexibility index (Phi) is 8.52. The molecule has 6 nitrogen and oxygen atoms in total. The van der Waals surface area contributed by atoms with Gasteiger partial charge >= 0.3 is 59.2 Å². The van der Waals surface area contributed by atoms with Gasteiger partial charge in [0.15, 0.2) is 9.84 Å².